The molecule has 0 spiro atoms. The lowest BCUT2D eigenvalue weighted by atomic mass is 10.0. The molecule has 2 fully saturated rings. The van der Waals surface area contributed by atoms with Crippen LogP contribution in [0.4, 0.5) is 13.2 Å². The first-order valence-electron chi connectivity index (χ1n) is 7.00. The summed E-state index contributed by atoms with van der Waals surface area (Å²) >= 11 is 0.445. The highest BCUT2D eigenvalue weighted by atomic mass is 32.2. The molecule has 1 aliphatic carbocycles. The Morgan fingerprint density at radius 2 is 2.04 bits per heavy atom. The molecule has 2 bridgehead atoms. The van der Waals surface area contributed by atoms with Gasteiger partial charge >= 0.3 is 6.18 Å². The summed E-state index contributed by atoms with van der Waals surface area (Å²) in [6, 6.07) is 1.80. The van der Waals surface area contributed by atoms with Crippen molar-refractivity contribution in [1.29, 1.82) is 0 Å². The predicted molar refractivity (Wildman–Crippen MR) is 78.6 cm³/mol. The minimum Gasteiger partial charge on any atom is -0.335 e. The number of carbonyl (C=O) groups is 1. The van der Waals surface area contributed by atoms with Gasteiger partial charge in [0.15, 0.2) is 0 Å². The number of amides is 1. The fourth-order valence-electron chi connectivity index (χ4n) is 3.37. The molecule has 1 saturated heterocycles. The lowest BCUT2D eigenvalue weighted by Crippen LogP contribution is -2.47. The SMILES string of the molecule is CS(=O)(=O)N[C@H]1C[C@@H]2C[C@H]1CN2C(=O)c1ccc(C(F)(F)F)s1. The Kier molecular flexibility index (Phi) is 3.96. The second-order valence-corrected chi connectivity index (χ2v) is 8.86. The third kappa shape index (κ3) is 3.38. The number of halogens is 3. The summed E-state index contributed by atoms with van der Waals surface area (Å²) in [4.78, 5) is 13.2. The van der Waals surface area contributed by atoms with E-state index in [-0.39, 0.29) is 22.9 Å². The molecule has 1 aliphatic heterocycles. The largest absolute Gasteiger partial charge is 0.425 e. The number of fused-ring (bicyclic) bond motifs is 2. The quantitative estimate of drug-likeness (QED) is 0.886. The van der Waals surface area contributed by atoms with Crippen LogP contribution in [-0.4, -0.2) is 44.1 Å². The molecule has 1 amide bonds. The second kappa shape index (κ2) is 5.45. The Hall–Kier alpha value is -1.13. The highest BCUT2D eigenvalue weighted by Crippen LogP contribution is 2.40. The average Bonchev–Trinajstić information content (AvgIpc) is 3.09. The summed E-state index contributed by atoms with van der Waals surface area (Å²) in [5, 5.41) is 0. The molecule has 2 aliphatic rings. The van der Waals surface area contributed by atoms with E-state index in [4.69, 9.17) is 0 Å². The van der Waals surface area contributed by atoms with Crippen LogP contribution in [0, 0.1) is 5.92 Å². The van der Waals surface area contributed by atoms with E-state index in [1.807, 2.05) is 0 Å². The van der Waals surface area contributed by atoms with Crippen LogP contribution in [-0.2, 0) is 16.2 Å². The molecular formula is C13H15F3N2O3S2. The van der Waals surface area contributed by atoms with Crippen molar-refractivity contribution in [2.24, 2.45) is 5.92 Å². The van der Waals surface area contributed by atoms with Gasteiger partial charge in [0.2, 0.25) is 10.0 Å². The van der Waals surface area contributed by atoms with E-state index in [0.29, 0.717) is 30.7 Å². The zero-order valence-corrected chi connectivity index (χ0v) is 13.8. The number of nitrogens with one attached hydrogen (secondary N) is 1. The van der Waals surface area contributed by atoms with E-state index >= 15 is 0 Å². The lowest BCUT2D eigenvalue weighted by Gasteiger charge is -2.31. The highest BCUT2D eigenvalue weighted by molar-refractivity contribution is 7.88. The summed E-state index contributed by atoms with van der Waals surface area (Å²) in [5.41, 5.74) is 0. The molecule has 3 rings (SSSR count). The molecule has 1 N–H and O–H groups in total. The molecule has 1 aromatic heterocycles. The first-order chi connectivity index (χ1) is 10.5. The summed E-state index contributed by atoms with van der Waals surface area (Å²) in [5.74, 6) is -0.392. The van der Waals surface area contributed by atoms with Crippen molar-refractivity contribution in [3.05, 3.63) is 21.9 Å². The minimum atomic E-state index is -4.45. The number of piperidine rings is 1. The van der Waals surface area contributed by atoms with Gasteiger partial charge in [0.25, 0.3) is 5.91 Å². The molecule has 0 unspecified atom stereocenters. The minimum absolute atomic E-state index is 0.0146. The van der Waals surface area contributed by atoms with Crippen LogP contribution in [0.3, 0.4) is 0 Å². The Labute approximate surface area is 135 Å². The maximum absolute atomic E-state index is 12.6. The Balaban J connectivity index is 1.69. The molecule has 3 atom stereocenters. The van der Waals surface area contributed by atoms with Gasteiger partial charge in [-0.1, -0.05) is 0 Å². The normalized spacial score (nSPS) is 27.7. The van der Waals surface area contributed by atoms with Crippen LogP contribution in [0.15, 0.2) is 12.1 Å². The van der Waals surface area contributed by atoms with Crippen molar-refractivity contribution in [2.75, 3.05) is 12.8 Å². The summed E-state index contributed by atoms with van der Waals surface area (Å²) < 4.78 is 63.0. The van der Waals surface area contributed by atoms with E-state index in [0.717, 1.165) is 12.3 Å². The van der Waals surface area contributed by atoms with E-state index in [1.165, 1.54) is 6.07 Å². The fraction of sp³-hybridized carbons (Fsp3) is 0.615. The molecule has 2 heterocycles. The maximum Gasteiger partial charge on any atom is 0.425 e. The number of alkyl halides is 3. The smallest absolute Gasteiger partial charge is 0.335 e. The van der Waals surface area contributed by atoms with Gasteiger partial charge in [-0.3, -0.25) is 4.79 Å². The molecule has 1 saturated carbocycles. The topological polar surface area (TPSA) is 66.5 Å². The maximum atomic E-state index is 12.6. The van der Waals surface area contributed by atoms with E-state index in [1.54, 1.807) is 4.90 Å². The molecule has 5 nitrogen and oxygen atoms in total. The molecular weight excluding hydrogens is 353 g/mol. The van der Waals surface area contributed by atoms with Crippen molar-refractivity contribution in [1.82, 2.24) is 9.62 Å². The van der Waals surface area contributed by atoms with Crippen LogP contribution in [0.5, 0.6) is 0 Å². The standard InChI is InChI=1S/C13H15F3N2O3S2/c1-23(20,21)17-9-5-8-4-7(9)6-18(8)12(19)10-2-3-11(22-10)13(14,15)16/h2-3,7-9,17H,4-6H2,1H3/t7-,8-,9-/m0/s1. The summed E-state index contributed by atoms with van der Waals surface area (Å²) in [6.45, 7) is 0.371. The zero-order valence-electron chi connectivity index (χ0n) is 12.1. The van der Waals surface area contributed by atoms with Gasteiger partial charge in [-0.25, -0.2) is 13.1 Å². The number of hydrogen-bond donors (Lipinski definition) is 1. The molecule has 10 heteroatoms. The second-order valence-electron chi connectivity index (χ2n) is 6.00. The fourth-order valence-corrected chi connectivity index (χ4v) is 5.04. The summed E-state index contributed by atoms with van der Waals surface area (Å²) in [6.07, 6.45) is -2.18. The van der Waals surface area contributed by atoms with Crippen molar-refractivity contribution < 1.29 is 26.4 Å². The van der Waals surface area contributed by atoms with E-state index in [9.17, 15) is 26.4 Å². The summed E-state index contributed by atoms with van der Waals surface area (Å²) in [7, 11) is -3.31. The number of hydrogen-bond acceptors (Lipinski definition) is 4. The van der Waals surface area contributed by atoms with Gasteiger partial charge in [0.05, 0.1) is 11.1 Å². The molecule has 23 heavy (non-hydrogen) atoms. The first-order valence-corrected chi connectivity index (χ1v) is 9.70. The van der Waals surface area contributed by atoms with Crippen molar-refractivity contribution in [3.8, 4) is 0 Å². The lowest BCUT2D eigenvalue weighted by molar-refractivity contribution is -0.134. The van der Waals surface area contributed by atoms with Crippen LogP contribution < -0.4 is 4.72 Å². The van der Waals surface area contributed by atoms with Crippen LogP contribution in [0.1, 0.15) is 27.4 Å². The van der Waals surface area contributed by atoms with Gasteiger partial charge in [-0.15, -0.1) is 11.3 Å². The van der Waals surface area contributed by atoms with Crippen molar-refractivity contribution in [3.63, 3.8) is 0 Å². The van der Waals surface area contributed by atoms with Crippen molar-refractivity contribution >= 4 is 27.3 Å². The van der Waals surface area contributed by atoms with Crippen LogP contribution >= 0.6 is 11.3 Å². The number of nitrogens with zero attached hydrogens (tertiary/aromatic N) is 1. The van der Waals surface area contributed by atoms with Crippen LogP contribution in [0.2, 0.25) is 0 Å². The van der Waals surface area contributed by atoms with Crippen LogP contribution in [0.25, 0.3) is 0 Å². The van der Waals surface area contributed by atoms with Gasteiger partial charge in [-0.2, -0.15) is 13.2 Å². The third-order valence-electron chi connectivity index (χ3n) is 4.26. The molecule has 0 aromatic carbocycles. The zero-order chi connectivity index (χ0) is 17.0. The Morgan fingerprint density at radius 3 is 2.52 bits per heavy atom. The highest BCUT2D eigenvalue weighted by Gasteiger charge is 2.47. The van der Waals surface area contributed by atoms with Gasteiger partial charge in [0.1, 0.15) is 4.88 Å². The Morgan fingerprint density at radius 1 is 1.35 bits per heavy atom. The average molecular weight is 368 g/mol. The predicted octanol–water partition coefficient (Wildman–Crippen LogP) is 1.92. The third-order valence-corrected chi connectivity index (χ3v) is 6.11. The van der Waals surface area contributed by atoms with Gasteiger partial charge in [-0.05, 0) is 30.9 Å². The number of sulfonamides is 1. The van der Waals surface area contributed by atoms with E-state index in [2.05, 4.69) is 4.72 Å². The Bertz CT molecular complexity index is 729. The van der Waals surface area contributed by atoms with Gasteiger partial charge < -0.3 is 4.90 Å². The molecule has 0 radical (unpaired) electrons. The number of rotatable bonds is 3. The number of likely N-dealkylation sites (tertiary alicyclic amines) is 1. The van der Waals surface area contributed by atoms with Gasteiger partial charge in [0, 0.05) is 18.6 Å². The first kappa shape index (κ1) is 16.7. The molecule has 128 valence electrons. The number of carbonyl (C=O) groups excluding carboxylic acids is 1. The molecule has 1 aromatic rings. The van der Waals surface area contributed by atoms with Crippen molar-refractivity contribution in [2.45, 2.75) is 31.1 Å². The van der Waals surface area contributed by atoms with E-state index < -0.39 is 27.0 Å². The monoisotopic (exact) mass is 368 g/mol. The number of thiophene rings is 1.